The summed E-state index contributed by atoms with van der Waals surface area (Å²) in [5.41, 5.74) is 6.66. The maximum absolute atomic E-state index is 5.90. The summed E-state index contributed by atoms with van der Waals surface area (Å²) in [6, 6.07) is 0. The van der Waals surface area contributed by atoms with E-state index in [1.807, 2.05) is 7.05 Å². The van der Waals surface area contributed by atoms with Crippen molar-refractivity contribution in [1.29, 1.82) is 0 Å². The lowest BCUT2D eigenvalue weighted by Crippen LogP contribution is -2.09. The minimum absolute atomic E-state index is 0.418. The van der Waals surface area contributed by atoms with E-state index in [9.17, 15) is 0 Å². The van der Waals surface area contributed by atoms with Crippen molar-refractivity contribution in [2.24, 2.45) is 13.0 Å². The topological polar surface area (TPSA) is 78.9 Å². The molecule has 1 aliphatic carbocycles. The van der Waals surface area contributed by atoms with Crippen molar-refractivity contribution >= 4 is 16.9 Å². The molecule has 1 aliphatic rings. The first-order valence-electron chi connectivity index (χ1n) is 6.76. The third-order valence-electron chi connectivity index (χ3n) is 3.73. The highest BCUT2D eigenvalue weighted by Crippen LogP contribution is 2.25. The second-order valence-corrected chi connectivity index (χ2v) is 5.20. The monoisotopic (exact) mass is 261 g/mol. The fourth-order valence-corrected chi connectivity index (χ4v) is 2.65. The van der Waals surface area contributed by atoms with Crippen LogP contribution in [0.1, 0.15) is 31.5 Å². The van der Waals surface area contributed by atoms with Gasteiger partial charge in [0.15, 0.2) is 11.5 Å². The van der Waals surface area contributed by atoms with Crippen LogP contribution in [-0.2, 0) is 18.4 Å². The van der Waals surface area contributed by atoms with Crippen molar-refractivity contribution < 1.29 is 4.74 Å². The van der Waals surface area contributed by atoms with Crippen molar-refractivity contribution in [2.75, 3.05) is 12.3 Å². The fraction of sp³-hybridized carbons (Fsp3) is 0.615. The van der Waals surface area contributed by atoms with Crippen LogP contribution in [0.25, 0.3) is 11.0 Å². The van der Waals surface area contributed by atoms with E-state index < -0.39 is 0 Å². The van der Waals surface area contributed by atoms with Crippen LogP contribution in [0.4, 0.5) is 5.82 Å². The van der Waals surface area contributed by atoms with Crippen molar-refractivity contribution in [1.82, 2.24) is 19.7 Å². The molecule has 102 valence electrons. The normalized spacial score (nSPS) is 16.5. The Hall–Kier alpha value is -1.69. The van der Waals surface area contributed by atoms with E-state index in [1.54, 1.807) is 10.9 Å². The van der Waals surface area contributed by atoms with Gasteiger partial charge in [-0.15, -0.1) is 0 Å². The molecule has 2 aromatic heterocycles. The Bertz CT molecular complexity index is 574. The van der Waals surface area contributed by atoms with Crippen LogP contribution >= 0.6 is 0 Å². The van der Waals surface area contributed by atoms with Crippen molar-refractivity contribution in [3.8, 4) is 0 Å². The van der Waals surface area contributed by atoms with Crippen molar-refractivity contribution in [3.05, 3.63) is 12.0 Å². The van der Waals surface area contributed by atoms with Gasteiger partial charge in [-0.05, 0) is 18.8 Å². The van der Waals surface area contributed by atoms with Crippen LogP contribution in [-0.4, -0.2) is 26.4 Å². The SMILES string of the molecule is Cn1ncc2c(N)nc(COCC3CCCC3)nc21. The second kappa shape index (κ2) is 5.13. The van der Waals surface area contributed by atoms with E-state index in [1.165, 1.54) is 25.7 Å². The molecule has 0 radical (unpaired) electrons. The number of nitrogens with zero attached hydrogens (tertiary/aromatic N) is 4. The van der Waals surface area contributed by atoms with Crippen LogP contribution in [0.15, 0.2) is 6.20 Å². The number of anilines is 1. The van der Waals surface area contributed by atoms with Crippen molar-refractivity contribution in [2.45, 2.75) is 32.3 Å². The van der Waals surface area contributed by atoms with Crippen LogP contribution in [0.2, 0.25) is 0 Å². The minimum atomic E-state index is 0.418. The molecule has 6 nitrogen and oxygen atoms in total. The lowest BCUT2D eigenvalue weighted by atomic mass is 10.1. The Morgan fingerprint density at radius 3 is 2.95 bits per heavy atom. The summed E-state index contributed by atoms with van der Waals surface area (Å²) in [5.74, 6) is 1.81. The molecule has 2 N–H and O–H groups in total. The zero-order chi connectivity index (χ0) is 13.2. The summed E-state index contributed by atoms with van der Waals surface area (Å²) in [5, 5.41) is 4.93. The number of nitrogens with two attached hydrogens (primary N) is 1. The highest BCUT2D eigenvalue weighted by atomic mass is 16.5. The maximum atomic E-state index is 5.90. The van der Waals surface area contributed by atoms with E-state index in [-0.39, 0.29) is 0 Å². The van der Waals surface area contributed by atoms with Crippen LogP contribution in [0.5, 0.6) is 0 Å². The molecule has 6 heteroatoms. The van der Waals surface area contributed by atoms with E-state index in [2.05, 4.69) is 15.1 Å². The first-order valence-corrected chi connectivity index (χ1v) is 6.76. The molecule has 19 heavy (non-hydrogen) atoms. The molecule has 0 spiro atoms. The smallest absolute Gasteiger partial charge is 0.163 e. The standard InChI is InChI=1S/C13H19N5O/c1-18-13-10(6-15-18)12(14)16-11(17-13)8-19-7-9-4-2-3-5-9/h6,9H,2-5,7-8H2,1H3,(H2,14,16,17). The average molecular weight is 261 g/mol. The third-order valence-corrected chi connectivity index (χ3v) is 3.73. The molecule has 0 amide bonds. The summed E-state index contributed by atoms with van der Waals surface area (Å²) < 4.78 is 7.42. The summed E-state index contributed by atoms with van der Waals surface area (Å²) in [4.78, 5) is 8.71. The van der Waals surface area contributed by atoms with Gasteiger partial charge in [-0.1, -0.05) is 12.8 Å². The molecular weight excluding hydrogens is 242 g/mol. The van der Waals surface area contributed by atoms with Gasteiger partial charge in [-0.3, -0.25) is 4.68 Å². The Morgan fingerprint density at radius 1 is 1.37 bits per heavy atom. The Kier molecular flexibility index (Phi) is 3.33. The van der Waals surface area contributed by atoms with Gasteiger partial charge in [0.2, 0.25) is 0 Å². The number of fused-ring (bicyclic) bond motifs is 1. The second-order valence-electron chi connectivity index (χ2n) is 5.20. The lowest BCUT2D eigenvalue weighted by Gasteiger charge is -2.09. The number of ether oxygens (including phenoxy) is 1. The van der Waals surface area contributed by atoms with Gasteiger partial charge in [-0.25, -0.2) is 9.97 Å². The first kappa shape index (κ1) is 12.3. The van der Waals surface area contributed by atoms with Gasteiger partial charge in [0, 0.05) is 13.7 Å². The molecule has 2 aromatic rings. The molecule has 0 atom stereocenters. The highest BCUT2D eigenvalue weighted by molar-refractivity contribution is 5.84. The molecule has 0 aromatic carbocycles. The lowest BCUT2D eigenvalue weighted by molar-refractivity contribution is 0.0846. The van der Waals surface area contributed by atoms with Gasteiger partial charge < -0.3 is 10.5 Å². The molecule has 0 bridgehead atoms. The molecule has 3 rings (SSSR count). The van der Waals surface area contributed by atoms with Gasteiger partial charge in [0.1, 0.15) is 12.4 Å². The van der Waals surface area contributed by atoms with Gasteiger partial charge in [0.25, 0.3) is 0 Å². The molecular formula is C13H19N5O. The Labute approximate surface area is 112 Å². The van der Waals surface area contributed by atoms with E-state index in [0.717, 1.165) is 17.6 Å². The predicted octanol–water partition coefficient (Wildman–Crippen LogP) is 1.65. The number of hydrogen-bond acceptors (Lipinski definition) is 5. The third kappa shape index (κ3) is 2.53. The van der Waals surface area contributed by atoms with E-state index in [0.29, 0.717) is 24.2 Å². The zero-order valence-corrected chi connectivity index (χ0v) is 11.2. The van der Waals surface area contributed by atoms with Crippen molar-refractivity contribution in [3.63, 3.8) is 0 Å². The molecule has 0 saturated heterocycles. The molecule has 0 unspecified atom stereocenters. The summed E-state index contributed by atoms with van der Waals surface area (Å²) in [7, 11) is 1.85. The molecule has 0 aliphatic heterocycles. The summed E-state index contributed by atoms with van der Waals surface area (Å²) >= 11 is 0. The van der Waals surface area contributed by atoms with Crippen LogP contribution < -0.4 is 5.73 Å². The minimum Gasteiger partial charge on any atom is -0.383 e. The Balaban J connectivity index is 1.68. The first-order chi connectivity index (χ1) is 9.24. The number of aryl methyl sites for hydroxylation is 1. The predicted molar refractivity (Wildman–Crippen MR) is 72.3 cm³/mol. The molecule has 1 saturated carbocycles. The average Bonchev–Trinajstić information content (AvgIpc) is 3.01. The molecule has 1 fully saturated rings. The van der Waals surface area contributed by atoms with Gasteiger partial charge in [-0.2, -0.15) is 5.10 Å². The van der Waals surface area contributed by atoms with Gasteiger partial charge >= 0.3 is 0 Å². The van der Waals surface area contributed by atoms with Crippen LogP contribution in [0, 0.1) is 5.92 Å². The number of hydrogen-bond donors (Lipinski definition) is 1. The van der Waals surface area contributed by atoms with E-state index in [4.69, 9.17) is 10.5 Å². The number of nitrogen functional groups attached to an aromatic ring is 1. The largest absolute Gasteiger partial charge is 0.383 e. The fourth-order valence-electron chi connectivity index (χ4n) is 2.65. The highest BCUT2D eigenvalue weighted by Gasteiger charge is 2.15. The van der Waals surface area contributed by atoms with Gasteiger partial charge in [0.05, 0.1) is 11.6 Å². The summed E-state index contributed by atoms with van der Waals surface area (Å²) in [6.07, 6.45) is 6.91. The summed E-state index contributed by atoms with van der Waals surface area (Å²) in [6.45, 7) is 1.22. The Morgan fingerprint density at radius 2 is 2.16 bits per heavy atom. The zero-order valence-electron chi connectivity index (χ0n) is 11.2. The number of aromatic nitrogens is 4. The molecule has 2 heterocycles. The van der Waals surface area contributed by atoms with E-state index >= 15 is 0 Å². The number of rotatable bonds is 4. The maximum Gasteiger partial charge on any atom is 0.163 e. The van der Waals surface area contributed by atoms with Crippen LogP contribution in [0.3, 0.4) is 0 Å². The quantitative estimate of drug-likeness (QED) is 0.905.